The zero-order valence-electron chi connectivity index (χ0n) is 18.4. The third-order valence-electron chi connectivity index (χ3n) is 6.01. The molecule has 0 aromatic carbocycles. The maximum atomic E-state index is 12.2. The molecule has 0 unspecified atom stereocenters. The first-order valence-electron chi connectivity index (χ1n) is 10.9. The molecule has 4 nitrogen and oxygen atoms in total. The van der Waals surface area contributed by atoms with Gasteiger partial charge in [-0.05, 0) is 51.7 Å². The Hall–Kier alpha value is -1.84. The van der Waals surface area contributed by atoms with Crippen molar-refractivity contribution in [1.29, 1.82) is 0 Å². The van der Waals surface area contributed by atoms with Crippen molar-refractivity contribution in [3.8, 4) is 0 Å². The number of cyclic esters (lactones) is 1. The number of rotatable bonds is 11. The van der Waals surface area contributed by atoms with Gasteiger partial charge in [0.1, 0.15) is 5.76 Å². The Morgan fingerprint density at radius 2 is 1.64 bits per heavy atom. The van der Waals surface area contributed by atoms with Crippen LogP contribution in [0.25, 0.3) is 5.57 Å². The summed E-state index contributed by atoms with van der Waals surface area (Å²) in [4.78, 5) is 26.9. The minimum atomic E-state index is -0.483. The smallest absolute Gasteiger partial charge is 0.317 e. The minimum absolute atomic E-state index is 0.160. The average Bonchev–Trinajstić information content (AvgIpc) is 3.09. The molecule has 1 fully saturated rings. The number of aromatic amines is 1. The van der Waals surface area contributed by atoms with Crippen molar-refractivity contribution < 1.29 is 14.3 Å². The summed E-state index contributed by atoms with van der Waals surface area (Å²) < 4.78 is 5.69. The summed E-state index contributed by atoms with van der Waals surface area (Å²) in [5.41, 5.74) is 4.21. The van der Waals surface area contributed by atoms with Crippen molar-refractivity contribution >= 4 is 17.8 Å². The van der Waals surface area contributed by atoms with E-state index in [2.05, 4.69) is 11.9 Å². The normalized spacial score (nSPS) is 17.7. The van der Waals surface area contributed by atoms with E-state index < -0.39 is 5.41 Å². The Labute approximate surface area is 170 Å². The Balaban J connectivity index is 2.11. The van der Waals surface area contributed by atoms with E-state index in [1.165, 1.54) is 44.9 Å². The van der Waals surface area contributed by atoms with E-state index in [1.54, 1.807) is 0 Å². The number of aldehydes is 1. The fraction of sp³-hybridized carbons (Fsp3) is 0.667. The summed E-state index contributed by atoms with van der Waals surface area (Å²) in [7, 11) is 0. The van der Waals surface area contributed by atoms with Crippen LogP contribution in [0.2, 0.25) is 0 Å². The molecule has 2 heterocycles. The average molecular weight is 388 g/mol. The Kier molecular flexibility index (Phi) is 8.09. The number of allylic oxidation sites excluding steroid dienone is 2. The number of ether oxygens (including phenoxy) is 1. The highest BCUT2D eigenvalue weighted by Gasteiger charge is 2.40. The predicted molar refractivity (Wildman–Crippen MR) is 114 cm³/mol. The molecule has 28 heavy (non-hydrogen) atoms. The molecule has 156 valence electrons. The van der Waals surface area contributed by atoms with Crippen LogP contribution in [-0.2, 0) is 9.53 Å². The topological polar surface area (TPSA) is 59.2 Å². The van der Waals surface area contributed by atoms with Gasteiger partial charge in [0.25, 0.3) is 0 Å². The van der Waals surface area contributed by atoms with Gasteiger partial charge in [0.2, 0.25) is 0 Å². The van der Waals surface area contributed by atoms with Crippen LogP contribution in [0, 0.1) is 19.3 Å². The lowest BCUT2D eigenvalue weighted by atomic mass is 9.88. The second kappa shape index (κ2) is 10.1. The van der Waals surface area contributed by atoms with Gasteiger partial charge in [-0.2, -0.15) is 0 Å². The van der Waals surface area contributed by atoms with Gasteiger partial charge in [-0.15, -0.1) is 0 Å². The monoisotopic (exact) mass is 387 g/mol. The van der Waals surface area contributed by atoms with Crippen LogP contribution >= 0.6 is 0 Å². The van der Waals surface area contributed by atoms with Gasteiger partial charge in [-0.1, -0.05) is 51.9 Å². The standard InChI is InChI=1S/C24H37NO3/c1-6-7-8-9-10-11-12-13-14-19(21-15-24(4,5)23(27)28-21)22-18(3)17(2)20(16-26)25-22/h16,25H,6-15H2,1-5H3/b21-19+. The summed E-state index contributed by atoms with van der Waals surface area (Å²) >= 11 is 0. The van der Waals surface area contributed by atoms with E-state index >= 15 is 0 Å². The Morgan fingerprint density at radius 3 is 2.14 bits per heavy atom. The summed E-state index contributed by atoms with van der Waals surface area (Å²) in [6, 6.07) is 0. The zero-order valence-corrected chi connectivity index (χ0v) is 18.4. The van der Waals surface area contributed by atoms with Crippen LogP contribution in [-0.4, -0.2) is 17.2 Å². The molecule has 0 spiro atoms. The summed E-state index contributed by atoms with van der Waals surface area (Å²) in [5, 5.41) is 0. The lowest BCUT2D eigenvalue weighted by Gasteiger charge is -2.12. The van der Waals surface area contributed by atoms with Crippen molar-refractivity contribution in [1.82, 2.24) is 4.98 Å². The maximum absolute atomic E-state index is 12.2. The number of carbonyl (C=O) groups excluding carboxylic acids is 2. The number of H-pyrrole nitrogens is 1. The molecule has 0 radical (unpaired) electrons. The summed E-state index contributed by atoms with van der Waals surface area (Å²) in [6.07, 6.45) is 12.4. The largest absolute Gasteiger partial charge is 0.430 e. The van der Waals surface area contributed by atoms with Crippen LogP contribution in [0.5, 0.6) is 0 Å². The van der Waals surface area contributed by atoms with Crippen LogP contribution < -0.4 is 0 Å². The molecular formula is C24H37NO3. The van der Waals surface area contributed by atoms with Crippen LogP contribution in [0.1, 0.15) is 112 Å². The van der Waals surface area contributed by atoms with Gasteiger partial charge in [0.05, 0.1) is 11.1 Å². The van der Waals surface area contributed by atoms with Crippen molar-refractivity contribution in [2.24, 2.45) is 5.41 Å². The fourth-order valence-corrected chi connectivity index (χ4v) is 3.90. The quantitative estimate of drug-likeness (QED) is 0.262. The first-order valence-corrected chi connectivity index (χ1v) is 10.9. The number of nitrogens with one attached hydrogen (secondary N) is 1. The van der Waals surface area contributed by atoms with Crippen molar-refractivity contribution in [2.75, 3.05) is 0 Å². The third kappa shape index (κ3) is 5.36. The second-order valence-electron chi connectivity index (χ2n) is 8.86. The fourth-order valence-electron chi connectivity index (χ4n) is 3.90. The van der Waals surface area contributed by atoms with Gasteiger partial charge in [0.15, 0.2) is 6.29 Å². The first-order chi connectivity index (χ1) is 13.3. The third-order valence-corrected chi connectivity index (χ3v) is 6.01. The van der Waals surface area contributed by atoms with Crippen molar-refractivity contribution in [3.63, 3.8) is 0 Å². The second-order valence-corrected chi connectivity index (χ2v) is 8.86. The molecule has 0 aliphatic carbocycles. The molecule has 1 saturated heterocycles. The van der Waals surface area contributed by atoms with Crippen molar-refractivity contribution in [3.05, 3.63) is 28.3 Å². The zero-order chi connectivity index (χ0) is 20.7. The van der Waals surface area contributed by atoms with E-state index in [9.17, 15) is 9.59 Å². The highest BCUT2D eigenvalue weighted by atomic mass is 16.5. The Bertz CT molecular complexity index is 724. The lowest BCUT2D eigenvalue weighted by molar-refractivity contribution is -0.142. The number of hydrogen-bond donors (Lipinski definition) is 1. The number of esters is 1. The molecule has 4 heteroatoms. The highest BCUT2D eigenvalue weighted by Crippen LogP contribution is 2.41. The van der Waals surface area contributed by atoms with Gasteiger partial charge in [-0.25, -0.2) is 0 Å². The van der Waals surface area contributed by atoms with Gasteiger partial charge < -0.3 is 9.72 Å². The molecule has 1 N–H and O–H groups in total. The number of aromatic nitrogens is 1. The lowest BCUT2D eigenvalue weighted by Crippen LogP contribution is -2.16. The van der Waals surface area contributed by atoms with Crippen LogP contribution in [0.3, 0.4) is 0 Å². The molecular weight excluding hydrogens is 350 g/mol. The summed E-state index contributed by atoms with van der Waals surface area (Å²) in [6.45, 7) is 10.1. The molecule has 0 amide bonds. The van der Waals surface area contributed by atoms with E-state index in [4.69, 9.17) is 4.74 Å². The molecule has 0 atom stereocenters. The summed E-state index contributed by atoms with van der Waals surface area (Å²) in [5.74, 6) is 0.618. The molecule has 1 aromatic heterocycles. The maximum Gasteiger partial charge on any atom is 0.317 e. The van der Waals surface area contributed by atoms with Crippen molar-refractivity contribution in [2.45, 2.75) is 98.8 Å². The van der Waals surface area contributed by atoms with Crippen LogP contribution in [0.4, 0.5) is 0 Å². The van der Waals surface area contributed by atoms with Crippen LogP contribution in [0.15, 0.2) is 5.76 Å². The SMILES string of the molecule is CCCCCCCCCC/C(=C1/CC(C)(C)C(=O)O1)c1[nH]c(C=O)c(C)c1C. The number of unbranched alkanes of at least 4 members (excludes halogenated alkanes) is 7. The van der Waals surface area contributed by atoms with Gasteiger partial charge in [-0.3, -0.25) is 9.59 Å². The van der Waals surface area contributed by atoms with E-state index in [1.807, 2.05) is 27.7 Å². The molecule has 2 rings (SSSR count). The van der Waals surface area contributed by atoms with Gasteiger partial charge in [0, 0.05) is 17.7 Å². The molecule has 0 saturated carbocycles. The predicted octanol–water partition coefficient (Wildman–Crippen LogP) is 6.66. The van der Waals surface area contributed by atoms with E-state index in [-0.39, 0.29) is 5.97 Å². The first kappa shape index (κ1) is 22.4. The molecule has 0 bridgehead atoms. The Morgan fingerprint density at radius 1 is 1.04 bits per heavy atom. The number of carbonyl (C=O) groups is 2. The van der Waals surface area contributed by atoms with E-state index in [0.717, 1.165) is 47.3 Å². The van der Waals surface area contributed by atoms with Gasteiger partial charge >= 0.3 is 5.97 Å². The minimum Gasteiger partial charge on any atom is -0.430 e. The molecule has 1 aromatic rings. The molecule has 1 aliphatic heterocycles. The highest BCUT2D eigenvalue weighted by molar-refractivity contribution is 5.85. The van der Waals surface area contributed by atoms with E-state index in [0.29, 0.717) is 12.1 Å². The number of hydrogen-bond acceptors (Lipinski definition) is 3. The molecule has 1 aliphatic rings.